The van der Waals surface area contributed by atoms with Crippen LogP contribution in [-0.2, 0) is 26.0 Å². The smallest absolute Gasteiger partial charge is 0.240 e. The summed E-state index contributed by atoms with van der Waals surface area (Å²) < 4.78 is 27.7. The normalized spacial score (nSPS) is 20.1. The molecular weight excluding hydrogens is 378 g/mol. The molecule has 0 bridgehead atoms. The molecule has 0 radical (unpaired) electrons. The summed E-state index contributed by atoms with van der Waals surface area (Å²) in [6, 6.07) is 5.06. The number of sulfonamides is 1. The standard InChI is InChI=1S/C20H29N3O4S/c1-14-12-16-13-18(8-9-19(16)23(14)15(2)24)28(26,27)21-11-10-20(25)22-17-6-4-3-5-7-17/h8-9,13-14,17,21H,3-7,10-12H2,1-2H3,(H,22,25). The predicted molar refractivity (Wildman–Crippen MR) is 108 cm³/mol. The monoisotopic (exact) mass is 407 g/mol. The summed E-state index contributed by atoms with van der Waals surface area (Å²) in [4.78, 5) is 25.7. The summed E-state index contributed by atoms with van der Waals surface area (Å²) in [5.74, 6) is -0.168. The van der Waals surface area contributed by atoms with E-state index in [1.807, 2.05) is 6.92 Å². The number of hydrogen-bond acceptors (Lipinski definition) is 4. The van der Waals surface area contributed by atoms with Crippen molar-refractivity contribution in [3.63, 3.8) is 0 Å². The van der Waals surface area contributed by atoms with Crippen LogP contribution in [0.2, 0.25) is 0 Å². The Labute approximate surface area is 166 Å². The first kappa shape index (κ1) is 20.8. The summed E-state index contributed by atoms with van der Waals surface area (Å²) in [7, 11) is -3.70. The first-order valence-electron chi connectivity index (χ1n) is 9.99. The minimum absolute atomic E-state index is 0.0156. The van der Waals surface area contributed by atoms with Gasteiger partial charge in [0, 0.05) is 37.7 Å². The van der Waals surface area contributed by atoms with Gasteiger partial charge in [-0.25, -0.2) is 13.1 Å². The number of hydrogen-bond donors (Lipinski definition) is 2. The minimum Gasteiger partial charge on any atom is -0.353 e. The van der Waals surface area contributed by atoms with E-state index in [9.17, 15) is 18.0 Å². The van der Waals surface area contributed by atoms with E-state index < -0.39 is 10.0 Å². The van der Waals surface area contributed by atoms with Crippen LogP contribution in [0.1, 0.15) is 57.9 Å². The van der Waals surface area contributed by atoms with Crippen LogP contribution in [0, 0.1) is 0 Å². The van der Waals surface area contributed by atoms with Crippen LogP contribution in [0.5, 0.6) is 0 Å². The van der Waals surface area contributed by atoms with E-state index >= 15 is 0 Å². The molecule has 1 unspecified atom stereocenters. The van der Waals surface area contributed by atoms with Gasteiger partial charge in [0.25, 0.3) is 0 Å². The van der Waals surface area contributed by atoms with Gasteiger partial charge in [0.15, 0.2) is 0 Å². The predicted octanol–water partition coefficient (Wildman–Crippen LogP) is 2.10. The average molecular weight is 408 g/mol. The second-order valence-corrected chi connectivity index (χ2v) is 9.55. The molecule has 1 aliphatic carbocycles. The maximum atomic E-state index is 12.6. The number of fused-ring (bicyclic) bond motifs is 1. The summed E-state index contributed by atoms with van der Waals surface area (Å²) in [5, 5.41) is 2.99. The van der Waals surface area contributed by atoms with Crippen LogP contribution in [-0.4, -0.2) is 38.9 Å². The minimum atomic E-state index is -3.70. The maximum absolute atomic E-state index is 12.6. The highest BCUT2D eigenvalue weighted by molar-refractivity contribution is 7.89. The number of carbonyl (C=O) groups excluding carboxylic acids is 2. The first-order chi connectivity index (χ1) is 13.3. The molecule has 1 fully saturated rings. The molecule has 2 aliphatic rings. The van der Waals surface area contributed by atoms with Gasteiger partial charge in [-0.15, -0.1) is 0 Å². The van der Waals surface area contributed by atoms with Gasteiger partial charge in [0.05, 0.1) is 4.90 Å². The molecule has 7 nitrogen and oxygen atoms in total. The van der Waals surface area contributed by atoms with Gasteiger partial charge >= 0.3 is 0 Å². The number of nitrogens with one attached hydrogen (secondary N) is 2. The average Bonchev–Trinajstić information content (AvgIpc) is 2.97. The Morgan fingerprint density at radius 3 is 2.57 bits per heavy atom. The molecule has 8 heteroatoms. The van der Waals surface area contributed by atoms with Gasteiger partial charge in [0.1, 0.15) is 0 Å². The number of rotatable bonds is 6. The van der Waals surface area contributed by atoms with Crippen molar-refractivity contribution in [1.29, 1.82) is 0 Å². The second kappa shape index (κ2) is 8.61. The molecule has 28 heavy (non-hydrogen) atoms. The molecule has 0 saturated heterocycles. The van der Waals surface area contributed by atoms with Crippen molar-refractivity contribution in [3.05, 3.63) is 23.8 Å². The molecule has 154 valence electrons. The molecule has 2 amide bonds. The topological polar surface area (TPSA) is 95.6 Å². The number of anilines is 1. The Balaban J connectivity index is 1.57. The summed E-state index contributed by atoms with van der Waals surface area (Å²) in [6.07, 6.45) is 6.24. The van der Waals surface area contributed by atoms with E-state index in [1.54, 1.807) is 17.0 Å². The maximum Gasteiger partial charge on any atom is 0.240 e. The highest BCUT2D eigenvalue weighted by atomic mass is 32.2. The van der Waals surface area contributed by atoms with E-state index in [1.165, 1.54) is 19.4 Å². The SMILES string of the molecule is CC(=O)N1c2ccc(S(=O)(=O)NCCC(=O)NC3CCCCC3)cc2CC1C. The summed E-state index contributed by atoms with van der Waals surface area (Å²) in [5.41, 5.74) is 1.62. The number of carbonyl (C=O) groups is 2. The second-order valence-electron chi connectivity index (χ2n) is 7.78. The van der Waals surface area contributed by atoms with Gasteiger partial charge < -0.3 is 10.2 Å². The molecule has 1 saturated carbocycles. The third-order valence-electron chi connectivity index (χ3n) is 5.53. The lowest BCUT2D eigenvalue weighted by atomic mass is 9.95. The molecule has 0 spiro atoms. The van der Waals surface area contributed by atoms with Crippen molar-refractivity contribution in [3.8, 4) is 0 Å². The fourth-order valence-corrected chi connectivity index (χ4v) is 5.27. The van der Waals surface area contributed by atoms with E-state index in [0.29, 0.717) is 6.42 Å². The Hall–Kier alpha value is -1.93. The molecule has 1 atom stereocenters. The van der Waals surface area contributed by atoms with Gasteiger partial charge in [-0.2, -0.15) is 0 Å². The Morgan fingerprint density at radius 1 is 1.18 bits per heavy atom. The zero-order valence-corrected chi connectivity index (χ0v) is 17.3. The van der Waals surface area contributed by atoms with Crippen LogP contribution >= 0.6 is 0 Å². The molecule has 1 aromatic carbocycles. The third-order valence-corrected chi connectivity index (χ3v) is 6.99. The van der Waals surface area contributed by atoms with E-state index in [-0.39, 0.29) is 41.8 Å². The largest absolute Gasteiger partial charge is 0.353 e. The lowest BCUT2D eigenvalue weighted by molar-refractivity contribution is -0.122. The number of nitrogens with zero attached hydrogens (tertiary/aromatic N) is 1. The lowest BCUT2D eigenvalue weighted by Crippen LogP contribution is -2.38. The molecule has 3 rings (SSSR count). The summed E-state index contributed by atoms with van der Waals surface area (Å²) >= 11 is 0. The Bertz CT molecular complexity index is 847. The zero-order chi connectivity index (χ0) is 20.3. The molecule has 2 N–H and O–H groups in total. The van der Waals surface area contributed by atoms with Crippen LogP contribution in [0.3, 0.4) is 0 Å². The van der Waals surface area contributed by atoms with Gasteiger partial charge in [-0.1, -0.05) is 19.3 Å². The molecule has 1 aromatic rings. The van der Waals surface area contributed by atoms with Crippen LogP contribution in [0.25, 0.3) is 0 Å². The van der Waals surface area contributed by atoms with Gasteiger partial charge in [0.2, 0.25) is 21.8 Å². The van der Waals surface area contributed by atoms with Crippen molar-refractivity contribution in [1.82, 2.24) is 10.0 Å². The van der Waals surface area contributed by atoms with Gasteiger partial charge in [-0.05, 0) is 49.9 Å². The van der Waals surface area contributed by atoms with E-state index in [0.717, 1.165) is 36.9 Å². The van der Waals surface area contributed by atoms with Crippen LogP contribution in [0.4, 0.5) is 5.69 Å². The first-order valence-corrected chi connectivity index (χ1v) is 11.5. The van der Waals surface area contributed by atoms with Gasteiger partial charge in [-0.3, -0.25) is 9.59 Å². The van der Waals surface area contributed by atoms with Crippen LogP contribution in [0.15, 0.2) is 23.1 Å². The lowest BCUT2D eigenvalue weighted by Gasteiger charge is -2.22. The number of benzene rings is 1. The van der Waals surface area contributed by atoms with Crippen molar-refractivity contribution in [2.24, 2.45) is 0 Å². The highest BCUT2D eigenvalue weighted by Gasteiger charge is 2.30. The summed E-state index contributed by atoms with van der Waals surface area (Å²) in [6.45, 7) is 3.52. The highest BCUT2D eigenvalue weighted by Crippen LogP contribution is 2.33. The molecule has 1 heterocycles. The zero-order valence-electron chi connectivity index (χ0n) is 16.5. The number of amides is 2. The Kier molecular flexibility index (Phi) is 6.40. The molecular formula is C20H29N3O4S. The fourth-order valence-electron chi connectivity index (χ4n) is 4.18. The van der Waals surface area contributed by atoms with E-state index in [2.05, 4.69) is 10.0 Å². The van der Waals surface area contributed by atoms with Crippen molar-refractivity contribution in [2.45, 2.75) is 75.8 Å². The molecule has 1 aliphatic heterocycles. The van der Waals surface area contributed by atoms with Crippen molar-refractivity contribution in [2.75, 3.05) is 11.4 Å². The molecule has 0 aromatic heterocycles. The Morgan fingerprint density at radius 2 is 1.89 bits per heavy atom. The van der Waals surface area contributed by atoms with Crippen molar-refractivity contribution < 1.29 is 18.0 Å². The van der Waals surface area contributed by atoms with Crippen molar-refractivity contribution >= 4 is 27.5 Å². The van der Waals surface area contributed by atoms with Crippen LogP contribution < -0.4 is 14.9 Å². The quantitative estimate of drug-likeness (QED) is 0.755. The van der Waals surface area contributed by atoms with E-state index in [4.69, 9.17) is 0 Å². The fraction of sp³-hybridized carbons (Fsp3) is 0.600. The third kappa shape index (κ3) is 4.72.